The number of carbonyl (C=O) groups excluding carboxylic acids is 1. The first kappa shape index (κ1) is 15.8. The van der Waals surface area contributed by atoms with Gasteiger partial charge in [-0.3, -0.25) is 4.79 Å². The summed E-state index contributed by atoms with van der Waals surface area (Å²) in [6.07, 6.45) is 3.09. The lowest BCUT2D eigenvalue weighted by Gasteiger charge is -2.24. The fourth-order valence-corrected chi connectivity index (χ4v) is 3.11. The highest BCUT2D eigenvalue weighted by Crippen LogP contribution is 2.37. The van der Waals surface area contributed by atoms with E-state index in [1.807, 2.05) is 24.3 Å². The predicted octanol–water partition coefficient (Wildman–Crippen LogP) is 2.89. The highest BCUT2D eigenvalue weighted by atomic mass is 79.9. The molecule has 1 aliphatic carbocycles. The lowest BCUT2D eigenvalue weighted by molar-refractivity contribution is -0.148. The van der Waals surface area contributed by atoms with Crippen molar-refractivity contribution in [2.45, 2.75) is 32.2 Å². The van der Waals surface area contributed by atoms with Gasteiger partial charge < -0.3 is 15.7 Å². The maximum absolute atomic E-state index is 11.8. The minimum absolute atomic E-state index is 0.187. The topological polar surface area (TPSA) is 78.4 Å². The first-order valence-corrected chi connectivity index (χ1v) is 7.81. The van der Waals surface area contributed by atoms with E-state index in [1.165, 1.54) is 0 Å². The van der Waals surface area contributed by atoms with E-state index in [4.69, 9.17) is 0 Å². The smallest absolute Gasteiger partial charge is 0.315 e. The van der Waals surface area contributed by atoms with Crippen LogP contribution < -0.4 is 10.6 Å². The van der Waals surface area contributed by atoms with Crippen LogP contribution in [0.25, 0.3) is 0 Å². The fraction of sp³-hybridized carbons (Fsp3) is 0.467. The van der Waals surface area contributed by atoms with Crippen molar-refractivity contribution in [1.82, 2.24) is 10.6 Å². The van der Waals surface area contributed by atoms with Gasteiger partial charge in [0.05, 0.1) is 5.41 Å². The predicted molar refractivity (Wildman–Crippen MR) is 82.9 cm³/mol. The molecule has 0 radical (unpaired) electrons. The van der Waals surface area contributed by atoms with Crippen LogP contribution in [0.2, 0.25) is 0 Å². The number of hydrogen-bond donors (Lipinski definition) is 3. The summed E-state index contributed by atoms with van der Waals surface area (Å²) in [5.74, 6) is -0.813. The summed E-state index contributed by atoms with van der Waals surface area (Å²) in [4.78, 5) is 23.2. The van der Waals surface area contributed by atoms with E-state index in [-0.39, 0.29) is 12.6 Å². The van der Waals surface area contributed by atoms with Crippen molar-refractivity contribution in [3.63, 3.8) is 0 Å². The number of carbonyl (C=O) groups is 2. The molecule has 0 unspecified atom stereocenters. The molecule has 21 heavy (non-hydrogen) atoms. The van der Waals surface area contributed by atoms with Gasteiger partial charge in [-0.2, -0.15) is 0 Å². The molecule has 0 atom stereocenters. The summed E-state index contributed by atoms with van der Waals surface area (Å²) in [5, 5.41) is 14.8. The van der Waals surface area contributed by atoms with Crippen LogP contribution >= 0.6 is 15.9 Å². The second kappa shape index (κ2) is 6.93. The lowest BCUT2D eigenvalue weighted by atomic mass is 9.86. The normalized spacial score (nSPS) is 16.4. The molecule has 3 N–H and O–H groups in total. The van der Waals surface area contributed by atoms with Crippen molar-refractivity contribution < 1.29 is 14.7 Å². The van der Waals surface area contributed by atoms with E-state index < -0.39 is 11.4 Å². The van der Waals surface area contributed by atoms with Crippen molar-refractivity contribution >= 4 is 27.9 Å². The number of carboxylic acids is 1. The third-order valence-corrected chi connectivity index (χ3v) is 4.44. The Hall–Kier alpha value is -1.56. The third kappa shape index (κ3) is 4.20. The third-order valence-electron chi connectivity index (χ3n) is 3.94. The van der Waals surface area contributed by atoms with Crippen LogP contribution in [-0.4, -0.2) is 23.7 Å². The van der Waals surface area contributed by atoms with Crippen LogP contribution in [0.3, 0.4) is 0 Å². The minimum Gasteiger partial charge on any atom is -0.481 e. The average molecular weight is 355 g/mol. The maximum Gasteiger partial charge on any atom is 0.315 e. The first-order valence-electron chi connectivity index (χ1n) is 7.01. The van der Waals surface area contributed by atoms with E-state index >= 15 is 0 Å². The Morgan fingerprint density at radius 2 is 1.95 bits per heavy atom. The highest BCUT2D eigenvalue weighted by molar-refractivity contribution is 9.10. The minimum atomic E-state index is -0.813. The second-order valence-electron chi connectivity index (χ2n) is 5.46. The number of amides is 2. The Labute approximate surface area is 132 Å². The van der Waals surface area contributed by atoms with Crippen molar-refractivity contribution in [3.8, 4) is 0 Å². The van der Waals surface area contributed by atoms with E-state index in [0.717, 1.165) is 22.9 Å². The van der Waals surface area contributed by atoms with Crippen LogP contribution in [0.1, 0.15) is 31.2 Å². The van der Waals surface area contributed by atoms with E-state index in [1.54, 1.807) is 0 Å². The largest absolute Gasteiger partial charge is 0.481 e. The summed E-state index contributed by atoms with van der Waals surface area (Å²) in [6.45, 7) is 0.595. The van der Waals surface area contributed by atoms with Gasteiger partial charge in [0.2, 0.25) is 0 Å². The van der Waals surface area contributed by atoms with Gasteiger partial charge in [0.1, 0.15) is 0 Å². The number of halogens is 1. The standard InChI is InChI=1S/C15H19BrN2O3/c16-12-5-3-4-11(8-12)9-17-14(21)18-10-15(13(19)20)6-1-2-7-15/h3-5,8H,1-2,6-7,9-10H2,(H,19,20)(H2,17,18,21). The average Bonchev–Trinajstić information content (AvgIpc) is 2.93. The zero-order valence-electron chi connectivity index (χ0n) is 11.7. The highest BCUT2D eigenvalue weighted by Gasteiger charge is 2.41. The molecule has 0 heterocycles. The summed E-state index contributed by atoms with van der Waals surface area (Å²) in [7, 11) is 0. The van der Waals surface area contributed by atoms with Gasteiger partial charge in [0, 0.05) is 17.6 Å². The van der Waals surface area contributed by atoms with Gasteiger partial charge in [-0.15, -0.1) is 0 Å². The number of benzene rings is 1. The van der Waals surface area contributed by atoms with Crippen LogP contribution in [0.4, 0.5) is 4.79 Å². The van der Waals surface area contributed by atoms with Gasteiger partial charge in [-0.25, -0.2) is 4.79 Å². The lowest BCUT2D eigenvalue weighted by Crippen LogP contribution is -2.44. The number of nitrogens with one attached hydrogen (secondary N) is 2. The molecule has 0 bridgehead atoms. The number of hydrogen-bond acceptors (Lipinski definition) is 2. The summed E-state index contributed by atoms with van der Waals surface area (Å²) >= 11 is 3.37. The summed E-state index contributed by atoms with van der Waals surface area (Å²) in [5.41, 5.74) is 0.195. The number of urea groups is 1. The molecule has 6 heteroatoms. The van der Waals surface area contributed by atoms with Gasteiger partial charge in [0.25, 0.3) is 0 Å². The Bertz CT molecular complexity index is 527. The quantitative estimate of drug-likeness (QED) is 0.760. The Balaban J connectivity index is 1.81. The molecular formula is C15H19BrN2O3. The molecule has 0 aliphatic heterocycles. The molecule has 2 amide bonds. The summed E-state index contributed by atoms with van der Waals surface area (Å²) < 4.78 is 0.956. The molecule has 0 saturated heterocycles. The van der Waals surface area contributed by atoms with E-state index in [9.17, 15) is 14.7 Å². The van der Waals surface area contributed by atoms with Crippen molar-refractivity contribution in [3.05, 3.63) is 34.3 Å². The zero-order valence-corrected chi connectivity index (χ0v) is 13.3. The molecule has 0 spiro atoms. The zero-order chi connectivity index (χ0) is 15.3. The number of rotatable bonds is 5. The molecule has 2 rings (SSSR count). The van der Waals surface area contributed by atoms with Crippen LogP contribution in [0.5, 0.6) is 0 Å². The molecule has 114 valence electrons. The SMILES string of the molecule is O=C(NCc1cccc(Br)c1)NCC1(C(=O)O)CCCC1. The molecule has 0 aromatic heterocycles. The Morgan fingerprint density at radius 3 is 2.57 bits per heavy atom. The fourth-order valence-electron chi connectivity index (χ4n) is 2.66. The van der Waals surface area contributed by atoms with Gasteiger partial charge in [-0.1, -0.05) is 40.9 Å². The van der Waals surface area contributed by atoms with Crippen molar-refractivity contribution in [2.24, 2.45) is 5.41 Å². The molecule has 1 aliphatic rings. The van der Waals surface area contributed by atoms with Crippen LogP contribution in [-0.2, 0) is 11.3 Å². The van der Waals surface area contributed by atoms with Crippen LogP contribution in [0, 0.1) is 5.41 Å². The summed E-state index contributed by atoms with van der Waals surface area (Å²) in [6, 6.07) is 7.33. The number of aliphatic carboxylic acids is 1. The van der Waals surface area contributed by atoms with Gasteiger partial charge in [0.15, 0.2) is 0 Å². The van der Waals surface area contributed by atoms with E-state index in [0.29, 0.717) is 19.4 Å². The number of carboxylic acid groups (broad SMARTS) is 1. The molecule has 1 aromatic carbocycles. The maximum atomic E-state index is 11.8. The molecule has 5 nitrogen and oxygen atoms in total. The Morgan fingerprint density at radius 1 is 1.24 bits per heavy atom. The second-order valence-corrected chi connectivity index (χ2v) is 6.37. The van der Waals surface area contributed by atoms with Gasteiger partial charge >= 0.3 is 12.0 Å². The van der Waals surface area contributed by atoms with Gasteiger partial charge in [-0.05, 0) is 30.5 Å². The van der Waals surface area contributed by atoms with Crippen LogP contribution in [0.15, 0.2) is 28.7 Å². The molecular weight excluding hydrogens is 336 g/mol. The van der Waals surface area contributed by atoms with Crippen molar-refractivity contribution in [1.29, 1.82) is 0 Å². The molecule has 1 saturated carbocycles. The van der Waals surface area contributed by atoms with E-state index in [2.05, 4.69) is 26.6 Å². The Kier molecular flexibility index (Phi) is 5.22. The molecule has 1 fully saturated rings. The monoisotopic (exact) mass is 354 g/mol. The molecule has 1 aromatic rings. The first-order chi connectivity index (χ1) is 10.0. The van der Waals surface area contributed by atoms with Crippen molar-refractivity contribution in [2.75, 3.05) is 6.54 Å².